The van der Waals surface area contributed by atoms with Gasteiger partial charge in [0.2, 0.25) is 0 Å². The van der Waals surface area contributed by atoms with Crippen LogP contribution in [0.4, 0.5) is 0 Å². The van der Waals surface area contributed by atoms with Gasteiger partial charge in [0.05, 0.1) is 0 Å². The summed E-state index contributed by atoms with van der Waals surface area (Å²) in [6.07, 6.45) is 18.2. The maximum Gasteiger partial charge on any atom is 0.00379 e. The Morgan fingerprint density at radius 1 is 0.632 bits per heavy atom. The van der Waals surface area contributed by atoms with Gasteiger partial charge < -0.3 is 5.73 Å². The molecule has 0 spiro atoms. The molecule has 0 atom stereocenters. The molecule has 19 heavy (non-hydrogen) atoms. The molecule has 0 radical (unpaired) electrons. The molecule has 0 bridgehead atoms. The Hall–Kier alpha value is -0.460. The largest absolute Gasteiger partial charge is 0.402 e. The summed E-state index contributed by atoms with van der Waals surface area (Å²) in [6, 6.07) is 0. The molecule has 114 valence electrons. The Balaban J connectivity index is 3.09. The maximum atomic E-state index is 5.75. The van der Waals surface area contributed by atoms with E-state index in [4.69, 9.17) is 5.73 Å². The monoisotopic (exact) mass is 267 g/mol. The van der Waals surface area contributed by atoms with E-state index in [1.807, 2.05) is 6.92 Å². The second-order valence-corrected chi connectivity index (χ2v) is 6.10. The van der Waals surface area contributed by atoms with Crippen LogP contribution in [0, 0.1) is 0 Å². The molecule has 0 aromatic heterocycles. The molecule has 0 aliphatic carbocycles. The Kier molecular flexibility index (Phi) is 13.6. The van der Waals surface area contributed by atoms with E-state index in [1.165, 1.54) is 89.0 Å². The molecule has 0 saturated heterocycles. The van der Waals surface area contributed by atoms with Crippen LogP contribution < -0.4 is 5.73 Å². The fourth-order valence-corrected chi connectivity index (χ4v) is 2.43. The number of hydrogen-bond acceptors (Lipinski definition) is 1. The first kappa shape index (κ1) is 18.5. The Bertz CT molecular complexity index is 214. The molecular formula is C18H37N. The molecule has 0 fully saturated rings. The maximum absolute atomic E-state index is 5.75. The van der Waals surface area contributed by atoms with Crippen LogP contribution in [0.15, 0.2) is 11.3 Å². The first-order valence-electron chi connectivity index (χ1n) is 8.60. The van der Waals surface area contributed by atoms with Crippen LogP contribution in [0.3, 0.4) is 0 Å². The van der Waals surface area contributed by atoms with Crippen LogP contribution in [0.25, 0.3) is 0 Å². The SMILES string of the molecule is CCCCCCCCCCCCCCC(C)=C(C)N. The molecule has 0 aromatic carbocycles. The summed E-state index contributed by atoms with van der Waals surface area (Å²) in [7, 11) is 0. The molecule has 0 unspecified atom stereocenters. The molecule has 0 saturated carbocycles. The van der Waals surface area contributed by atoms with E-state index in [0.29, 0.717) is 0 Å². The van der Waals surface area contributed by atoms with Crippen molar-refractivity contribution in [2.24, 2.45) is 5.73 Å². The molecule has 1 heteroatoms. The first-order chi connectivity index (χ1) is 9.18. The van der Waals surface area contributed by atoms with E-state index < -0.39 is 0 Å². The Labute approximate surface area is 122 Å². The highest BCUT2D eigenvalue weighted by Crippen LogP contribution is 2.14. The van der Waals surface area contributed by atoms with Crippen molar-refractivity contribution in [2.75, 3.05) is 0 Å². The van der Waals surface area contributed by atoms with E-state index in [0.717, 1.165) is 5.70 Å². The lowest BCUT2D eigenvalue weighted by molar-refractivity contribution is 0.543. The third kappa shape index (κ3) is 13.8. The van der Waals surface area contributed by atoms with Crippen LogP contribution in [0.2, 0.25) is 0 Å². The van der Waals surface area contributed by atoms with Gasteiger partial charge >= 0.3 is 0 Å². The summed E-state index contributed by atoms with van der Waals surface area (Å²) in [5, 5.41) is 0. The van der Waals surface area contributed by atoms with Gasteiger partial charge in [-0.2, -0.15) is 0 Å². The van der Waals surface area contributed by atoms with Crippen LogP contribution >= 0.6 is 0 Å². The van der Waals surface area contributed by atoms with Crippen LogP contribution in [-0.4, -0.2) is 0 Å². The molecule has 0 aromatic rings. The molecule has 0 aliphatic heterocycles. The number of allylic oxidation sites excluding steroid dienone is 2. The van der Waals surface area contributed by atoms with Gasteiger partial charge in [-0.05, 0) is 26.7 Å². The molecule has 0 rings (SSSR count). The number of nitrogens with two attached hydrogens (primary N) is 1. The van der Waals surface area contributed by atoms with Crippen LogP contribution in [-0.2, 0) is 0 Å². The van der Waals surface area contributed by atoms with Crippen LogP contribution in [0.5, 0.6) is 0 Å². The van der Waals surface area contributed by atoms with E-state index in [1.54, 1.807) is 0 Å². The fraction of sp³-hybridized carbons (Fsp3) is 0.889. The van der Waals surface area contributed by atoms with Crippen molar-refractivity contribution >= 4 is 0 Å². The van der Waals surface area contributed by atoms with Crippen LogP contribution in [0.1, 0.15) is 104 Å². The topological polar surface area (TPSA) is 26.0 Å². The van der Waals surface area contributed by atoms with E-state index in [9.17, 15) is 0 Å². The van der Waals surface area contributed by atoms with Gasteiger partial charge in [0.15, 0.2) is 0 Å². The summed E-state index contributed by atoms with van der Waals surface area (Å²) >= 11 is 0. The van der Waals surface area contributed by atoms with Gasteiger partial charge in [0.1, 0.15) is 0 Å². The summed E-state index contributed by atoms with van der Waals surface area (Å²) in [5.41, 5.74) is 8.15. The summed E-state index contributed by atoms with van der Waals surface area (Å²) < 4.78 is 0. The summed E-state index contributed by atoms with van der Waals surface area (Å²) in [4.78, 5) is 0. The quantitative estimate of drug-likeness (QED) is 0.388. The van der Waals surface area contributed by atoms with E-state index in [2.05, 4.69) is 13.8 Å². The average Bonchev–Trinajstić information content (AvgIpc) is 2.39. The van der Waals surface area contributed by atoms with Crippen molar-refractivity contribution in [1.82, 2.24) is 0 Å². The van der Waals surface area contributed by atoms with Crippen molar-refractivity contribution in [1.29, 1.82) is 0 Å². The average molecular weight is 268 g/mol. The third-order valence-electron chi connectivity index (χ3n) is 4.08. The summed E-state index contributed by atoms with van der Waals surface area (Å²) in [5.74, 6) is 0. The van der Waals surface area contributed by atoms with Crippen molar-refractivity contribution in [2.45, 2.75) is 104 Å². The molecule has 0 aliphatic rings. The van der Waals surface area contributed by atoms with Gasteiger partial charge in [-0.1, -0.05) is 83.1 Å². The van der Waals surface area contributed by atoms with Gasteiger partial charge in [-0.15, -0.1) is 0 Å². The molecule has 1 nitrogen and oxygen atoms in total. The Morgan fingerprint density at radius 3 is 1.37 bits per heavy atom. The molecule has 0 amide bonds. The lowest BCUT2D eigenvalue weighted by Crippen LogP contribution is -1.95. The normalized spacial score (nSPS) is 12.6. The van der Waals surface area contributed by atoms with Crippen molar-refractivity contribution < 1.29 is 0 Å². The first-order valence-corrected chi connectivity index (χ1v) is 8.60. The lowest BCUT2D eigenvalue weighted by atomic mass is 10.0. The van der Waals surface area contributed by atoms with Crippen molar-refractivity contribution in [3.8, 4) is 0 Å². The Morgan fingerprint density at radius 2 is 1.00 bits per heavy atom. The van der Waals surface area contributed by atoms with Crippen molar-refractivity contribution in [3.05, 3.63) is 11.3 Å². The molecule has 0 heterocycles. The predicted molar refractivity (Wildman–Crippen MR) is 88.3 cm³/mol. The zero-order valence-corrected chi connectivity index (χ0v) is 13.8. The number of rotatable bonds is 13. The zero-order valence-electron chi connectivity index (χ0n) is 13.8. The standard InChI is InChI=1S/C18H37N/c1-4-5-6-7-8-9-10-11-12-13-14-15-16-17(2)18(3)19/h4-16,19H2,1-3H3. The minimum atomic E-state index is 1.02. The van der Waals surface area contributed by atoms with Gasteiger partial charge in [-0.3, -0.25) is 0 Å². The summed E-state index contributed by atoms with van der Waals surface area (Å²) in [6.45, 7) is 6.45. The third-order valence-corrected chi connectivity index (χ3v) is 4.08. The minimum Gasteiger partial charge on any atom is -0.402 e. The molecule has 2 N–H and O–H groups in total. The smallest absolute Gasteiger partial charge is 0.00379 e. The second kappa shape index (κ2) is 14.0. The lowest BCUT2D eigenvalue weighted by Gasteiger charge is -2.04. The highest BCUT2D eigenvalue weighted by molar-refractivity contribution is 5.04. The van der Waals surface area contributed by atoms with Crippen molar-refractivity contribution in [3.63, 3.8) is 0 Å². The van der Waals surface area contributed by atoms with E-state index >= 15 is 0 Å². The van der Waals surface area contributed by atoms with Gasteiger partial charge in [-0.25, -0.2) is 0 Å². The highest BCUT2D eigenvalue weighted by Gasteiger charge is 1.95. The van der Waals surface area contributed by atoms with E-state index in [-0.39, 0.29) is 0 Å². The second-order valence-electron chi connectivity index (χ2n) is 6.10. The molecular weight excluding hydrogens is 230 g/mol. The zero-order chi connectivity index (χ0) is 14.3. The number of hydrogen-bond donors (Lipinski definition) is 1. The number of unbranched alkanes of at least 4 members (excludes halogenated alkanes) is 11. The predicted octanol–water partition coefficient (Wildman–Crippen LogP) is 6.33. The minimum absolute atomic E-state index is 1.02. The van der Waals surface area contributed by atoms with Gasteiger partial charge in [0.25, 0.3) is 0 Å². The fourth-order valence-electron chi connectivity index (χ4n) is 2.43. The van der Waals surface area contributed by atoms with Gasteiger partial charge in [0, 0.05) is 5.70 Å². The highest BCUT2D eigenvalue weighted by atomic mass is 14.6.